The number of aliphatic hydroxyl groups is 5. The third-order valence-corrected chi connectivity index (χ3v) is 12.0. The van der Waals surface area contributed by atoms with E-state index >= 15 is 4.11 Å². The molecule has 0 radical (unpaired) electrons. The summed E-state index contributed by atoms with van der Waals surface area (Å²) in [6.07, 6.45) is -10.3. The van der Waals surface area contributed by atoms with Crippen molar-refractivity contribution in [2.24, 2.45) is 5.92 Å². The summed E-state index contributed by atoms with van der Waals surface area (Å²) in [6.45, 7) is 4.77. The average molecular weight is 676 g/mol. The topological polar surface area (TPSA) is 189 Å². The summed E-state index contributed by atoms with van der Waals surface area (Å²) in [7, 11) is -2.04. The molecule has 0 aromatic heterocycles. The Morgan fingerprint density at radius 2 is 1.74 bits per heavy atom. The molecule has 256 valence electrons. The van der Waals surface area contributed by atoms with Crippen molar-refractivity contribution in [3.63, 3.8) is 0 Å². The summed E-state index contributed by atoms with van der Waals surface area (Å²) >= 11 is 0. The molecule has 0 bridgehead atoms. The van der Waals surface area contributed by atoms with Gasteiger partial charge in [0.1, 0.15) is 18.3 Å². The van der Waals surface area contributed by atoms with Crippen molar-refractivity contribution in [3.05, 3.63) is 59.7 Å². The fourth-order valence-corrected chi connectivity index (χ4v) is 9.73. The van der Waals surface area contributed by atoms with Crippen molar-refractivity contribution < 1.29 is 53.5 Å². The summed E-state index contributed by atoms with van der Waals surface area (Å²) in [5, 5.41) is 52.2. The molecule has 0 aliphatic carbocycles. The first-order chi connectivity index (χ1) is 22.1. The van der Waals surface area contributed by atoms with Crippen LogP contribution < -0.4 is 10.2 Å². The van der Waals surface area contributed by atoms with Gasteiger partial charge in [0.25, 0.3) is 11.8 Å². The second-order valence-electron chi connectivity index (χ2n) is 13.0. The van der Waals surface area contributed by atoms with Gasteiger partial charge in [-0.25, -0.2) is 0 Å². The molecule has 6 N–H and O–H groups in total. The standard InChI is InChI=1S/C32H42FN3O10Si/c1-17-28(47(3,4)33)22(15-23(38)36(12-13-37)16-18-8-6-5-7-9-18)46-32(17)20-14-19(10-11-21(20)35(2)31(32)44)34-29(42)27-25(40)24(39)26(41)30(43)45-27/h5-11,14,17,22,24-28,30,37,39-41,43H,12-13,15-16H2,1-4H3,(H,34,42)/t17-,22+,24-,25-,26+,27-,28-,30+,32+/m0/s1. The maximum atomic E-state index is 16.2. The van der Waals surface area contributed by atoms with Gasteiger partial charge in [0.2, 0.25) is 14.3 Å². The molecular formula is C32H42FN3O10Si. The van der Waals surface area contributed by atoms with Gasteiger partial charge in [0.05, 0.1) is 24.8 Å². The maximum absolute atomic E-state index is 16.2. The van der Waals surface area contributed by atoms with Gasteiger partial charge in [-0.3, -0.25) is 14.4 Å². The molecule has 13 nitrogen and oxygen atoms in total. The number of rotatable bonds is 9. The number of hydrogen-bond donors (Lipinski definition) is 6. The van der Waals surface area contributed by atoms with Gasteiger partial charge < -0.3 is 54.2 Å². The highest BCUT2D eigenvalue weighted by molar-refractivity contribution is 6.72. The fourth-order valence-electron chi connectivity index (χ4n) is 7.24. The maximum Gasteiger partial charge on any atom is 0.264 e. The normalized spacial score (nSPS) is 32.0. The summed E-state index contributed by atoms with van der Waals surface area (Å²) < 4.78 is 27.8. The number of carbonyl (C=O) groups is 3. The molecule has 3 aliphatic rings. The number of ether oxygens (including phenoxy) is 2. The lowest BCUT2D eigenvalue weighted by atomic mass is 9.82. The molecular weight excluding hydrogens is 633 g/mol. The quantitative estimate of drug-likeness (QED) is 0.162. The number of halogens is 1. The van der Waals surface area contributed by atoms with E-state index in [9.17, 15) is 39.9 Å². The molecule has 2 aromatic rings. The molecule has 5 rings (SSSR count). The predicted molar refractivity (Wildman–Crippen MR) is 169 cm³/mol. The van der Waals surface area contributed by atoms with E-state index in [1.807, 2.05) is 30.3 Å². The number of carbonyl (C=O) groups excluding carboxylic acids is 3. The second-order valence-corrected chi connectivity index (χ2v) is 16.8. The van der Waals surface area contributed by atoms with E-state index in [-0.39, 0.29) is 37.7 Å². The number of fused-ring (bicyclic) bond motifs is 2. The lowest BCUT2D eigenvalue weighted by Gasteiger charge is -2.37. The Morgan fingerprint density at radius 1 is 1.06 bits per heavy atom. The summed E-state index contributed by atoms with van der Waals surface area (Å²) in [5.41, 5.74) is -0.646. The Kier molecular flexibility index (Phi) is 9.93. The minimum absolute atomic E-state index is 0.0578. The van der Waals surface area contributed by atoms with Crippen LogP contribution >= 0.6 is 0 Å². The highest BCUT2D eigenvalue weighted by atomic mass is 28.4. The zero-order valence-corrected chi connectivity index (χ0v) is 27.6. The van der Waals surface area contributed by atoms with Gasteiger partial charge >= 0.3 is 0 Å². The van der Waals surface area contributed by atoms with E-state index in [1.54, 1.807) is 20.0 Å². The van der Waals surface area contributed by atoms with Crippen molar-refractivity contribution in [2.75, 3.05) is 30.4 Å². The predicted octanol–water partition coefficient (Wildman–Crippen LogP) is 0.588. The summed E-state index contributed by atoms with van der Waals surface area (Å²) in [6, 6.07) is 13.8. The van der Waals surface area contributed by atoms with Crippen LogP contribution in [-0.4, -0.2) is 114 Å². The fraction of sp³-hybridized carbons (Fsp3) is 0.531. The Bertz CT molecular complexity index is 1500. The number of nitrogens with zero attached hydrogens (tertiary/aromatic N) is 2. The van der Waals surface area contributed by atoms with E-state index in [0.717, 1.165) is 5.56 Å². The molecule has 2 aromatic carbocycles. The number of likely N-dealkylation sites (N-methyl/N-ethyl adjacent to an activating group) is 1. The largest absolute Gasteiger partial charge is 0.395 e. The third kappa shape index (κ3) is 6.34. The molecule has 15 heteroatoms. The van der Waals surface area contributed by atoms with Gasteiger partial charge in [0, 0.05) is 42.8 Å². The Balaban J connectivity index is 1.45. The zero-order chi connectivity index (χ0) is 34.4. The van der Waals surface area contributed by atoms with Crippen LogP contribution in [0, 0.1) is 5.92 Å². The lowest BCUT2D eigenvalue weighted by Crippen LogP contribution is -2.60. The van der Waals surface area contributed by atoms with Crippen LogP contribution in [0.3, 0.4) is 0 Å². The molecule has 3 aliphatic heterocycles. The van der Waals surface area contributed by atoms with Gasteiger partial charge in [-0.05, 0) is 36.9 Å². The SMILES string of the molecule is C[C@H]1[C@H]([Si](C)(C)F)[C@@H](CC(=O)N(CCO)Cc2ccccc2)O[C@]12C(=O)N(C)c1ccc(NC(=O)[C@H]3O[C@@H](O)[C@H](O)[C@@H](O)[C@@H]3O)cc12. The minimum atomic E-state index is -3.60. The highest BCUT2D eigenvalue weighted by Crippen LogP contribution is 2.60. The third-order valence-electron chi connectivity index (χ3n) is 9.52. The smallest absolute Gasteiger partial charge is 0.264 e. The van der Waals surface area contributed by atoms with E-state index in [1.165, 1.54) is 35.0 Å². The Labute approximate surface area is 272 Å². The molecule has 0 unspecified atom stereocenters. The first-order valence-corrected chi connectivity index (χ1v) is 18.5. The zero-order valence-electron chi connectivity index (χ0n) is 26.6. The van der Waals surface area contributed by atoms with E-state index in [0.29, 0.717) is 11.3 Å². The lowest BCUT2D eigenvalue weighted by molar-refractivity contribution is -0.274. The molecule has 2 saturated heterocycles. The number of hydrogen-bond acceptors (Lipinski definition) is 10. The summed E-state index contributed by atoms with van der Waals surface area (Å²) in [4.78, 5) is 43.7. The number of anilines is 2. The van der Waals surface area contributed by atoms with Crippen molar-refractivity contribution in [3.8, 4) is 0 Å². The molecule has 3 amide bonds. The van der Waals surface area contributed by atoms with Crippen LogP contribution in [0.4, 0.5) is 15.5 Å². The number of aliphatic hydroxyl groups excluding tert-OH is 5. The Morgan fingerprint density at radius 3 is 2.38 bits per heavy atom. The van der Waals surface area contributed by atoms with Crippen molar-refractivity contribution in [2.45, 2.75) is 80.9 Å². The molecule has 9 atom stereocenters. The molecule has 0 saturated carbocycles. The van der Waals surface area contributed by atoms with Crippen molar-refractivity contribution in [1.82, 2.24) is 4.90 Å². The van der Waals surface area contributed by atoms with Gasteiger partial charge in [-0.15, -0.1) is 0 Å². The first kappa shape index (κ1) is 35.0. The molecule has 1 spiro atoms. The van der Waals surface area contributed by atoms with Crippen molar-refractivity contribution in [1.29, 1.82) is 0 Å². The molecule has 47 heavy (non-hydrogen) atoms. The first-order valence-electron chi connectivity index (χ1n) is 15.5. The number of nitrogens with one attached hydrogen (secondary N) is 1. The van der Waals surface area contributed by atoms with Crippen LogP contribution in [0.2, 0.25) is 18.6 Å². The van der Waals surface area contributed by atoms with E-state index in [2.05, 4.69) is 5.32 Å². The second kappa shape index (κ2) is 13.3. The van der Waals surface area contributed by atoms with E-state index in [4.69, 9.17) is 9.47 Å². The van der Waals surface area contributed by atoms with Crippen LogP contribution in [0.25, 0.3) is 0 Å². The number of benzene rings is 2. The highest BCUT2D eigenvalue weighted by Gasteiger charge is 2.66. The van der Waals surface area contributed by atoms with Crippen LogP contribution in [0.1, 0.15) is 24.5 Å². The van der Waals surface area contributed by atoms with Gasteiger partial charge in [-0.1, -0.05) is 37.3 Å². The monoisotopic (exact) mass is 675 g/mol. The van der Waals surface area contributed by atoms with Crippen LogP contribution in [-0.2, 0) is 36.0 Å². The van der Waals surface area contributed by atoms with Crippen LogP contribution in [0.5, 0.6) is 0 Å². The molecule has 3 heterocycles. The van der Waals surface area contributed by atoms with E-state index < -0.39 is 74.1 Å². The van der Waals surface area contributed by atoms with Crippen LogP contribution in [0.15, 0.2) is 48.5 Å². The Hall–Kier alpha value is -3.28. The van der Waals surface area contributed by atoms with Crippen molar-refractivity contribution >= 4 is 37.5 Å². The van der Waals surface area contributed by atoms with Gasteiger partial charge in [-0.2, -0.15) is 0 Å². The minimum Gasteiger partial charge on any atom is -0.395 e. The van der Waals surface area contributed by atoms with Gasteiger partial charge in [0.15, 0.2) is 18.0 Å². The molecule has 2 fully saturated rings. The number of amides is 3. The average Bonchev–Trinajstić information content (AvgIpc) is 3.43. The summed E-state index contributed by atoms with van der Waals surface area (Å²) in [5.74, 6) is -2.47.